The fraction of sp³-hybridized carbons (Fsp3) is 0.292. The highest BCUT2D eigenvalue weighted by Crippen LogP contribution is 2.28. The smallest absolute Gasteiger partial charge is 0.320 e. The minimum absolute atomic E-state index is 0.139. The van der Waals surface area contributed by atoms with Gasteiger partial charge in [-0.2, -0.15) is 15.0 Å². The Kier molecular flexibility index (Phi) is 7.09. The summed E-state index contributed by atoms with van der Waals surface area (Å²) in [5, 5.41) is 13.9. The van der Waals surface area contributed by atoms with Crippen molar-refractivity contribution in [3.05, 3.63) is 64.7 Å². The monoisotopic (exact) mass is 463 g/mol. The van der Waals surface area contributed by atoms with Gasteiger partial charge in [0.1, 0.15) is 5.75 Å². The van der Waals surface area contributed by atoms with E-state index in [1.54, 1.807) is 11.7 Å². The normalized spacial score (nSPS) is 11.1. The van der Waals surface area contributed by atoms with E-state index in [-0.39, 0.29) is 24.4 Å². The number of methoxy groups -OCH3 is 1. The molecule has 6 N–H and O–H groups in total. The van der Waals surface area contributed by atoms with Crippen LogP contribution >= 0.6 is 0 Å². The molecule has 0 aliphatic rings. The molecule has 4 rings (SSSR count). The van der Waals surface area contributed by atoms with Crippen LogP contribution in [-0.2, 0) is 26.2 Å². The SMILES string of the molecule is CCOc1nc(N)c2nc(O)n(Cc3ccc(CNCc4ccc(CN)cc4)cc3OC)c2n1. The molecule has 34 heavy (non-hydrogen) atoms. The third-order valence-corrected chi connectivity index (χ3v) is 5.45. The van der Waals surface area contributed by atoms with E-state index in [4.69, 9.17) is 20.9 Å². The molecule has 0 spiro atoms. The summed E-state index contributed by atoms with van der Waals surface area (Å²) < 4.78 is 12.6. The number of nitrogens with zero attached hydrogens (tertiary/aromatic N) is 4. The zero-order valence-corrected chi connectivity index (χ0v) is 19.3. The van der Waals surface area contributed by atoms with Crippen molar-refractivity contribution < 1.29 is 14.6 Å². The quantitative estimate of drug-likeness (QED) is 0.278. The number of hydrogen-bond donors (Lipinski definition) is 4. The number of nitrogens with one attached hydrogen (secondary N) is 1. The fourth-order valence-electron chi connectivity index (χ4n) is 3.67. The van der Waals surface area contributed by atoms with Crippen LogP contribution < -0.4 is 26.3 Å². The average Bonchev–Trinajstić information content (AvgIpc) is 3.16. The van der Waals surface area contributed by atoms with Crippen molar-refractivity contribution in [1.82, 2.24) is 24.8 Å². The van der Waals surface area contributed by atoms with Crippen molar-refractivity contribution in [2.75, 3.05) is 19.5 Å². The molecule has 0 radical (unpaired) electrons. The molecule has 178 valence electrons. The van der Waals surface area contributed by atoms with Gasteiger partial charge in [0, 0.05) is 25.2 Å². The molecule has 0 bridgehead atoms. The van der Waals surface area contributed by atoms with Gasteiger partial charge in [-0.15, -0.1) is 0 Å². The molecular weight excluding hydrogens is 434 g/mol. The van der Waals surface area contributed by atoms with Gasteiger partial charge in [-0.05, 0) is 29.7 Å². The number of anilines is 1. The van der Waals surface area contributed by atoms with Crippen LogP contribution in [0.4, 0.5) is 5.82 Å². The summed E-state index contributed by atoms with van der Waals surface area (Å²) in [5.41, 5.74) is 16.6. The number of imidazole rings is 1. The number of aromatic nitrogens is 4. The van der Waals surface area contributed by atoms with E-state index >= 15 is 0 Å². The van der Waals surface area contributed by atoms with Crippen LogP contribution in [0.3, 0.4) is 0 Å². The van der Waals surface area contributed by atoms with Crippen LogP contribution in [0.25, 0.3) is 11.2 Å². The molecule has 0 saturated heterocycles. The number of fused-ring (bicyclic) bond motifs is 1. The first kappa shape index (κ1) is 23.3. The first-order valence-corrected chi connectivity index (χ1v) is 11.0. The Bertz CT molecular complexity index is 1270. The second-order valence-electron chi connectivity index (χ2n) is 7.76. The average molecular weight is 464 g/mol. The highest BCUT2D eigenvalue weighted by Gasteiger charge is 2.18. The summed E-state index contributed by atoms with van der Waals surface area (Å²) in [6.45, 7) is 4.48. The van der Waals surface area contributed by atoms with Gasteiger partial charge in [0.2, 0.25) is 0 Å². The van der Waals surface area contributed by atoms with Gasteiger partial charge in [0.25, 0.3) is 6.01 Å². The van der Waals surface area contributed by atoms with Gasteiger partial charge in [0.15, 0.2) is 17.0 Å². The first-order valence-electron chi connectivity index (χ1n) is 11.0. The number of benzene rings is 2. The third kappa shape index (κ3) is 5.03. The standard InChI is InChI=1S/C24H29N7O3/c1-3-34-23-29-21(26)20-22(30-23)31(24(32)28-20)14-18-9-8-17(10-19(18)33-2)13-27-12-16-6-4-15(11-25)5-7-16/h4-10,27H,3,11-14,25H2,1-2H3,(H,28,32)(H2,26,29,30). The minimum Gasteiger partial charge on any atom is -0.496 e. The number of nitrogen functional groups attached to an aromatic ring is 1. The Hall–Kier alpha value is -3.89. The van der Waals surface area contributed by atoms with Crippen molar-refractivity contribution in [2.24, 2.45) is 5.73 Å². The molecule has 0 amide bonds. The second-order valence-corrected chi connectivity index (χ2v) is 7.76. The van der Waals surface area contributed by atoms with Crippen LogP contribution in [0.15, 0.2) is 42.5 Å². The largest absolute Gasteiger partial charge is 0.496 e. The molecule has 10 nitrogen and oxygen atoms in total. The van der Waals surface area contributed by atoms with E-state index in [1.165, 1.54) is 5.56 Å². The molecule has 4 aromatic rings. The third-order valence-electron chi connectivity index (χ3n) is 5.45. The topological polar surface area (TPSA) is 146 Å². The molecule has 10 heteroatoms. The highest BCUT2D eigenvalue weighted by molar-refractivity contribution is 5.83. The zero-order chi connectivity index (χ0) is 24.1. The highest BCUT2D eigenvalue weighted by atomic mass is 16.5. The summed E-state index contributed by atoms with van der Waals surface area (Å²) in [5.74, 6) is 0.841. The molecule has 0 aliphatic heterocycles. The van der Waals surface area contributed by atoms with Gasteiger partial charge in [-0.3, -0.25) is 4.57 Å². The van der Waals surface area contributed by atoms with Gasteiger partial charge in [-0.25, -0.2) is 0 Å². The Morgan fingerprint density at radius 3 is 2.41 bits per heavy atom. The number of nitrogens with two attached hydrogens (primary N) is 2. The molecule has 2 heterocycles. The maximum atomic E-state index is 10.4. The molecule has 0 aliphatic carbocycles. The molecule has 2 aromatic heterocycles. The molecule has 0 fully saturated rings. The van der Waals surface area contributed by atoms with Crippen LogP contribution in [0.5, 0.6) is 17.8 Å². The van der Waals surface area contributed by atoms with Crippen LogP contribution in [-0.4, -0.2) is 38.3 Å². The van der Waals surface area contributed by atoms with E-state index < -0.39 is 0 Å². The van der Waals surface area contributed by atoms with Crippen molar-refractivity contribution in [3.8, 4) is 17.8 Å². The van der Waals surface area contributed by atoms with E-state index in [9.17, 15) is 5.11 Å². The predicted molar refractivity (Wildman–Crippen MR) is 130 cm³/mol. The first-order chi connectivity index (χ1) is 16.5. The predicted octanol–water partition coefficient (Wildman–Crippen LogP) is 2.32. The Morgan fingerprint density at radius 2 is 1.71 bits per heavy atom. The fourth-order valence-corrected chi connectivity index (χ4v) is 3.67. The van der Waals surface area contributed by atoms with Gasteiger partial charge in [0.05, 0.1) is 20.3 Å². The van der Waals surface area contributed by atoms with E-state index in [0.717, 1.165) is 23.2 Å². The molecule has 2 aromatic carbocycles. The van der Waals surface area contributed by atoms with Crippen LogP contribution in [0, 0.1) is 0 Å². The minimum atomic E-state index is -0.210. The lowest BCUT2D eigenvalue weighted by atomic mass is 10.1. The summed E-state index contributed by atoms with van der Waals surface area (Å²) in [7, 11) is 1.62. The van der Waals surface area contributed by atoms with Crippen LogP contribution in [0.1, 0.15) is 29.2 Å². The summed E-state index contributed by atoms with van der Waals surface area (Å²) in [4.78, 5) is 12.6. The Labute approximate surface area is 197 Å². The van der Waals surface area contributed by atoms with Crippen molar-refractivity contribution in [3.63, 3.8) is 0 Å². The number of hydrogen-bond acceptors (Lipinski definition) is 9. The van der Waals surface area contributed by atoms with E-state index in [0.29, 0.717) is 36.6 Å². The Balaban J connectivity index is 1.50. The van der Waals surface area contributed by atoms with E-state index in [2.05, 4.69) is 32.4 Å². The molecular formula is C24H29N7O3. The van der Waals surface area contributed by atoms with E-state index in [1.807, 2.05) is 37.3 Å². The lowest BCUT2D eigenvalue weighted by Crippen LogP contribution is -2.13. The zero-order valence-electron chi connectivity index (χ0n) is 19.3. The van der Waals surface area contributed by atoms with Crippen molar-refractivity contribution in [2.45, 2.75) is 33.1 Å². The van der Waals surface area contributed by atoms with Crippen molar-refractivity contribution >= 4 is 17.0 Å². The summed E-state index contributed by atoms with van der Waals surface area (Å²) >= 11 is 0. The molecule has 0 atom stereocenters. The Morgan fingerprint density at radius 1 is 1.00 bits per heavy atom. The van der Waals surface area contributed by atoms with Crippen molar-refractivity contribution in [1.29, 1.82) is 0 Å². The van der Waals surface area contributed by atoms with Gasteiger partial charge >= 0.3 is 6.01 Å². The van der Waals surface area contributed by atoms with Gasteiger partial charge in [-0.1, -0.05) is 36.4 Å². The maximum absolute atomic E-state index is 10.4. The summed E-state index contributed by atoms with van der Waals surface area (Å²) in [6, 6.07) is 14.1. The number of ether oxygens (including phenoxy) is 2. The number of rotatable bonds is 10. The lowest BCUT2D eigenvalue weighted by Gasteiger charge is -2.13. The molecule has 0 saturated carbocycles. The second kappa shape index (κ2) is 10.4. The number of aromatic hydroxyl groups is 1. The van der Waals surface area contributed by atoms with Crippen LogP contribution in [0.2, 0.25) is 0 Å². The lowest BCUT2D eigenvalue weighted by molar-refractivity contribution is 0.314. The van der Waals surface area contributed by atoms with Gasteiger partial charge < -0.3 is 31.4 Å². The maximum Gasteiger partial charge on any atom is 0.320 e. The summed E-state index contributed by atoms with van der Waals surface area (Å²) in [6.07, 6.45) is 0. The molecule has 0 unspecified atom stereocenters.